The summed E-state index contributed by atoms with van der Waals surface area (Å²) in [6.07, 6.45) is 3.39. The lowest BCUT2D eigenvalue weighted by atomic mass is 9.99. The molecule has 1 heterocycles. The first-order chi connectivity index (χ1) is 9.72. The molecule has 20 heavy (non-hydrogen) atoms. The van der Waals surface area contributed by atoms with E-state index in [1.165, 1.54) is 20.9 Å². The van der Waals surface area contributed by atoms with Crippen LogP contribution in [0.1, 0.15) is 34.7 Å². The molecule has 2 rings (SSSR count). The quantitative estimate of drug-likeness (QED) is 0.797. The van der Waals surface area contributed by atoms with Crippen molar-refractivity contribution >= 4 is 11.3 Å². The van der Waals surface area contributed by atoms with Crippen LogP contribution in [0.25, 0.3) is 0 Å². The van der Waals surface area contributed by atoms with Crippen molar-refractivity contribution in [3.8, 4) is 0 Å². The van der Waals surface area contributed by atoms with Gasteiger partial charge in [0.05, 0.1) is 0 Å². The van der Waals surface area contributed by atoms with E-state index in [0.29, 0.717) is 6.04 Å². The third-order valence-corrected chi connectivity index (χ3v) is 4.99. The van der Waals surface area contributed by atoms with Crippen molar-refractivity contribution in [1.82, 2.24) is 5.32 Å². The number of aryl methyl sites for hydroxylation is 2. The van der Waals surface area contributed by atoms with Gasteiger partial charge in [-0.3, -0.25) is 0 Å². The Morgan fingerprint density at radius 1 is 1.00 bits per heavy atom. The molecule has 0 radical (unpaired) electrons. The SMILES string of the molecule is CCNC(Cc1ccc(CC)s1)Cc1ccccc1C. The molecular formula is C18H25NS. The lowest BCUT2D eigenvalue weighted by Gasteiger charge is -2.18. The number of thiophene rings is 1. The molecule has 0 aliphatic carbocycles. The van der Waals surface area contributed by atoms with E-state index in [2.05, 4.69) is 62.5 Å². The lowest BCUT2D eigenvalue weighted by Crippen LogP contribution is -2.33. The molecule has 0 saturated carbocycles. The minimum Gasteiger partial charge on any atom is -0.314 e. The summed E-state index contributed by atoms with van der Waals surface area (Å²) in [5.41, 5.74) is 2.86. The fourth-order valence-corrected chi connectivity index (χ4v) is 3.61. The van der Waals surface area contributed by atoms with Crippen LogP contribution in [-0.2, 0) is 19.3 Å². The molecule has 2 heteroatoms. The number of nitrogens with one attached hydrogen (secondary N) is 1. The molecule has 2 aromatic rings. The number of benzene rings is 1. The second kappa shape index (κ2) is 7.61. The first kappa shape index (κ1) is 15.3. The standard InChI is InChI=1S/C18H25NS/c1-4-17-10-11-18(20-17)13-16(19-5-2)12-15-9-7-6-8-14(15)3/h6-11,16,19H,4-5,12-13H2,1-3H3. The van der Waals surface area contributed by atoms with Crippen LogP contribution in [0.15, 0.2) is 36.4 Å². The summed E-state index contributed by atoms with van der Waals surface area (Å²) in [6.45, 7) is 7.66. The zero-order chi connectivity index (χ0) is 14.4. The van der Waals surface area contributed by atoms with Crippen LogP contribution in [0.2, 0.25) is 0 Å². The second-order valence-electron chi connectivity index (χ2n) is 5.31. The summed E-state index contributed by atoms with van der Waals surface area (Å²) in [5, 5.41) is 3.64. The summed E-state index contributed by atoms with van der Waals surface area (Å²) in [6, 6.07) is 13.8. The van der Waals surface area contributed by atoms with Gasteiger partial charge in [0.1, 0.15) is 0 Å². The lowest BCUT2D eigenvalue weighted by molar-refractivity contribution is 0.523. The van der Waals surface area contributed by atoms with Crippen LogP contribution < -0.4 is 5.32 Å². The molecule has 0 bridgehead atoms. The van der Waals surface area contributed by atoms with Crippen molar-refractivity contribution in [3.63, 3.8) is 0 Å². The van der Waals surface area contributed by atoms with Gasteiger partial charge < -0.3 is 5.32 Å². The van der Waals surface area contributed by atoms with Crippen LogP contribution in [0, 0.1) is 6.92 Å². The van der Waals surface area contributed by atoms with Gasteiger partial charge in [0.15, 0.2) is 0 Å². The Balaban J connectivity index is 2.05. The van der Waals surface area contributed by atoms with E-state index in [0.717, 1.165) is 25.8 Å². The monoisotopic (exact) mass is 287 g/mol. The molecule has 108 valence electrons. The Morgan fingerprint density at radius 3 is 2.40 bits per heavy atom. The topological polar surface area (TPSA) is 12.0 Å². The Labute approximate surface area is 127 Å². The minimum absolute atomic E-state index is 0.532. The van der Waals surface area contributed by atoms with Crippen LogP contribution >= 0.6 is 11.3 Å². The third kappa shape index (κ3) is 4.19. The number of hydrogen-bond acceptors (Lipinski definition) is 2. The molecule has 1 atom stereocenters. The van der Waals surface area contributed by atoms with E-state index in [1.54, 1.807) is 0 Å². The summed E-state index contributed by atoms with van der Waals surface area (Å²) in [5.74, 6) is 0. The van der Waals surface area contributed by atoms with Crippen LogP contribution in [0.5, 0.6) is 0 Å². The van der Waals surface area contributed by atoms with Crippen molar-refractivity contribution in [3.05, 3.63) is 57.3 Å². The van der Waals surface area contributed by atoms with Gasteiger partial charge in [0.25, 0.3) is 0 Å². The molecule has 0 aliphatic rings. The highest BCUT2D eigenvalue weighted by atomic mass is 32.1. The molecular weight excluding hydrogens is 262 g/mol. The van der Waals surface area contributed by atoms with Gasteiger partial charge in [-0.2, -0.15) is 0 Å². The van der Waals surface area contributed by atoms with Gasteiger partial charge in [-0.15, -0.1) is 11.3 Å². The molecule has 0 amide bonds. The average molecular weight is 287 g/mol. The van der Waals surface area contributed by atoms with E-state index in [1.807, 2.05) is 11.3 Å². The predicted octanol–water partition coefficient (Wildman–Crippen LogP) is 4.38. The predicted molar refractivity (Wildman–Crippen MR) is 89.7 cm³/mol. The Hall–Kier alpha value is -1.12. The van der Waals surface area contributed by atoms with Gasteiger partial charge in [-0.1, -0.05) is 38.1 Å². The van der Waals surface area contributed by atoms with Crippen molar-refractivity contribution in [2.45, 2.75) is 46.1 Å². The van der Waals surface area contributed by atoms with Gasteiger partial charge in [-0.05, 0) is 56.0 Å². The van der Waals surface area contributed by atoms with Gasteiger partial charge in [-0.25, -0.2) is 0 Å². The second-order valence-corrected chi connectivity index (χ2v) is 6.56. The third-order valence-electron chi connectivity index (χ3n) is 3.73. The molecule has 0 spiro atoms. The Kier molecular flexibility index (Phi) is 5.81. The normalized spacial score (nSPS) is 12.6. The van der Waals surface area contributed by atoms with Gasteiger partial charge >= 0.3 is 0 Å². The fraction of sp³-hybridized carbons (Fsp3) is 0.444. The highest BCUT2D eigenvalue weighted by Gasteiger charge is 2.12. The number of likely N-dealkylation sites (N-methyl/N-ethyl adjacent to an activating group) is 1. The van der Waals surface area contributed by atoms with Crippen LogP contribution in [0.4, 0.5) is 0 Å². The van der Waals surface area contributed by atoms with Crippen molar-refractivity contribution < 1.29 is 0 Å². The zero-order valence-electron chi connectivity index (χ0n) is 12.8. The van der Waals surface area contributed by atoms with Gasteiger partial charge in [0.2, 0.25) is 0 Å². The molecule has 1 aromatic heterocycles. The number of hydrogen-bond donors (Lipinski definition) is 1. The Morgan fingerprint density at radius 2 is 1.75 bits per heavy atom. The van der Waals surface area contributed by atoms with E-state index in [9.17, 15) is 0 Å². The maximum Gasteiger partial charge on any atom is 0.0156 e. The first-order valence-electron chi connectivity index (χ1n) is 7.58. The minimum atomic E-state index is 0.532. The van der Waals surface area contributed by atoms with Crippen molar-refractivity contribution in [2.75, 3.05) is 6.54 Å². The first-order valence-corrected chi connectivity index (χ1v) is 8.40. The maximum absolute atomic E-state index is 3.64. The summed E-state index contributed by atoms with van der Waals surface area (Å²) in [7, 11) is 0. The summed E-state index contributed by atoms with van der Waals surface area (Å²) in [4.78, 5) is 2.99. The average Bonchev–Trinajstić information content (AvgIpc) is 2.89. The van der Waals surface area contributed by atoms with E-state index >= 15 is 0 Å². The molecule has 0 saturated heterocycles. The van der Waals surface area contributed by atoms with E-state index < -0.39 is 0 Å². The molecule has 1 nitrogen and oxygen atoms in total. The molecule has 1 aromatic carbocycles. The molecule has 1 unspecified atom stereocenters. The Bertz CT molecular complexity index is 530. The van der Waals surface area contributed by atoms with E-state index in [4.69, 9.17) is 0 Å². The van der Waals surface area contributed by atoms with Crippen LogP contribution in [0.3, 0.4) is 0 Å². The largest absolute Gasteiger partial charge is 0.314 e. The smallest absolute Gasteiger partial charge is 0.0156 e. The summed E-state index contributed by atoms with van der Waals surface area (Å²) >= 11 is 1.96. The van der Waals surface area contributed by atoms with Crippen molar-refractivity contribution in [1.29, 1.82) is 0 Å². The van der Waals surface area contributed by atoms with Crippen molar-refractivity contribution in [2.24, 2.45) is 0 Å². The van der Waals surface area contributed by atoms with Crippen LogP contribution in [-0.4, -0.2) is 12.6 Å². The van der Waals surface area contributed by atoms with E-state index in [-0.39, 0.29) is 0 Å². The molecule has 1 N–H and O–H groups in total. The van der Waals surface area contributed by atoms with Gasteiger partial charge in [0, 0.05) is 15.8 Å². The maximum atomic E-state index is 3.64. The molecule has 0 fully saturated rings. The zero-order valence-corrected chi connectivity index (χ0v) is 13.6. The summed E-state index contributed by atoms with van der Waals surface area (Å²) < 4.78 is 0. The highest BCUT2D eigenvalue weighted by molar-refractivity contribution is 7.11. The highest BCUT2D eigenvalue weighted by Crippen LogP contribution is 2.20. The molecule has 0 aliphatic heterocycles. The fourth-order valence-electron chi connectivity index (χ4n) is 2.57. The number of rotatable bonds is 7.